The maximum Gasteiger partial charge on any atom is 0.306 e. The summed E-state index contributed by atoms with van der Waals surface area (Å²) in [6.07, 6.45) is 10.0. The first-order chi connectivity index (χ1) is 16.0. The third-order valence-electron chi connectivity index (χ3n) is 6.81. The maximum atomic E-state index is 11.4. The number of benzene rings is 1. The van der Waals surface area contributed by atoms with Crippen LogP contribution >= 0.6 is 0 Å². The lowest BCUT2D eigenvalue weighted by molar-refractivity contribution is -0.142. The Kier molecular flexibility index (Phi) is 9.97. The van der Waals surface area contributed by atoms with E-state index >= 15 is 0 Å². The van der Waals surface area contributed by atoms with Gasteiger partial charge < -0.3 is 24.8 Å². The van der Waals surface area contributed by atoms with Crippen molar-refractivity contribution in [3.63, 3.8) is 0 Å². The number of hydrogen-bond donors (Lipinski definition) is 3. The normalized spacial score (nSPS) is 26.9. The average molecular weight is 459 g/mol. The van der Waals surface area contributed by atoms with Gasteiger partial charge in [-0.15, -0.1) is 0 Å². The van der Waals surface area contributed by atoms with E-state index in [0.717, 1.165) is 32.1 Å². The molecular formula is C27H38O6. The number of carboxylic acids is 1. The van der Waals surface area contributed by atoms with E-state index in [1.54, 1.807) is 6.08 Å². The Balaban J connectivity index is 1.50. The second-order valence-corrected chi connectivity index (χ2v) is 9.28. The summed E-state index contributed by atoms with van der Waals surface area (Å²) in [4.78, 5) is 11.4. The third kappa shape index (κ3) is 7.70. The summed E-state index contributed by atoms with van der Waals surface area (Å²) in [5.74, 6) is -0.146. The predicted molar refractivity (Wildman–Crippen MR) is 127 cm³/mol. The van der Waals surface area contributed by atoms with Gasteiger partial charge in [-0.25, -0.2) is 0 Å². The zero-order valence-corrected chi connectivity index (χ0v) is 19.5. The molecule has 0 saturated heterocycles. The molecule has 33 heavy (non-hydrogen) atoms. The largest absolute Gasteiger partial charge is 0.491 e. The fourth-order valence-electron chi connectivity index (χ4n) is 4.95. The van der Waals surface area contributed by atoms with Crippen molar-refractivity contribution in [1.82, 2.24) is 0 Å². The Labute approximate surface area is 196 Å². The van der Waals surface area contributed by atoms with Crippen molar-refractivity contribution in [3.05, 3.63) is 54.1 Å². The quantitative estimate of drug-likeness (QED) is 0.403. The molecule has 0 amide bonds. The van der Waals surface area contributed by atoms with Gasteiger partial charge in [0.25, 0.3) is 0 Å². The number of allylic oxidation sites excluding steroid dienone is 1. The summed E-state index contributed by atoms with van der Waals surface area (Å²) in [7, 11) is 0. The van der Waals surface area contributed by atoms with E-state index in [-0.39, 0.29) is 30.5 Å². The van der Waals surface area contributed by atoms with Crippen LogP contribution in [0, 0.1) is 17.8 Å². The van der Waals surface area contributed by atoms with Crippen molar-refractivity contribution in [3.8, 4) is 5.75 Å². The molecule has 0 aromatic heterocycles. The molecule has 1 aliphatic carbocycles. The van der Waals surface area contributed by atoms with Gasteiger partial charge in [0.2, 0.25) is 0 Å². The number of carboxylic acid groups (broad SMARTS) is 1. The Bertz CT molecular complexity index is 789. The first kappa shape index (κ1) is 25.5. The topological polar surface area (TPSA) is 96.2 Å². The predicted octanol–water partition coefficient (Wildman–Crippen LogP) is 4.37. The molecule has 1 aliphatic heterocycles. The van der Waals surface area contributed by atoms with Crippen LogP contribution in [0.1, 0.15) is 51.9 Å². The average Bonchev–Trinajstić information content (AvgIpc) is 2.97. The Morgan fingerprint density at radius 2 is 2.06 bits per heavy atom. The van der Waals surface area contributed by atoms with Crippen LogP contribution in [-0.4, -0.2) is 52.8 Å². The van der Waals surface area contributed by atoms with Crippen LogP contribution in [0.15, 0.2) is 54.1 Å². The molecule has 3 rings (SSSR count). The Morgan fingerprint density at radius 3 is 2.79 bits per heavy atom. The molecular weight excluding hydrogens is 420 g/mol. The highest BCUT2D eigenvalue weighted by Gasteiger charge is 2.42. The van der Waals surface area contributed by atoms with E-state index in [4.69, 9.17) is 9.47 Å². The summed E-state index contributed by atoms with van der Waals surface area (Å²) in [5, 5.41) is 30.2. The Hall–Kier alpha value is -2.15. The molecule has 1 aromatic carbocycles. The van der Waals surface area contributed by atoms with E-state index in [9.17, 15) is 20.1 Å². The van der Waals surface area contributed by atoms with Crippen molar-refractivity contribution >= 4 is 5.97 Å². The standard InChI is InChI=1S/C27H38O6/c1-2-7-20(27(30)31)9-6-8-19-12-14-24-23(25(29)16-26(24)33-17-19)15-13-21(28)18-32-22-10-4-3-5-11-22/h3-5,10-13,15,20-21,23-26,28-29H,2,6-9,14,16-18H2,1H3,(H,30,31)/b15-13+/t20?,21-,23-,24-,25-,26+/m1/s1. The number of aliphatic hydroxyl groups excluding tert-OH is 2. The number of rotatable bonds is 12. The van der Waals surface area contributed by atoms with E-state index in [0.29, 0.717) is 25.2 Å². The van der Waals surface area contributed by atoms with Gasteiger partial charge in [-0.05, 0) is 55.7 Å². The summed E-state index contributed by atoms with van der Waals surface area (Å²) in [6.45, 7) is 2.72. The van der Waals surface area contributed by atoms with Gasteiger partial charge in [-0.1, -0.05) is 49.8 Å². The molecule has 0 spiro atoms. The molecule has 2 aliphatic rings. The minimum Gasteiger partial charge on any atom is -0.491 e. The van der Waals surface area contributed by atoms with Crippen molar-refractivity contribution < 1.29 is 29.6 Å². The first-order valence-electron chi connectivity index (χ1n) is 12.2. The van der Waals surface area contributed by atoms with Gasteiger partial charge in [0.1, 0.15) is 18.5 Å². The van der Waals surface area contributed by atoms with Gasteiger partial charge in [-0.3, -0.25) is 4.79 Å². The zero-order valence-electron chi connectivity index (χ0n) is 19.5. The summed E-state index contributed by atoms with van der Waals surface area (Å²) in [5.41, 5.74) is 1.22. The molecule has 182 valence electrons. The van der Waals surface area contributed by atoms with Crippen molar-refractivity contribution in [1.29, 1.82) is 0 Å². The monoisotopic (exact) mass is 458 g/mol. The molecule has 6 heteroatoms. The minimum atomic E-state index is -0.750. The molecule has 1 unspecified atom stereocenters. The van der Waals surface area contributed by atoms with Crippen LogP contribution in [0.3, 0.4) is 0 Å². The lowest BCUT2D eigenvalue weighted by Crippen LogP contribution is -2.22. The highest BCUT2D eigenvalue weighted by molar-refractivity contribution is 5.69. The maximum absolute atomic E-state index is 11.4. The summed E-state index contributed by atoms with van der Waals surface area (Å²) < 4.78 is 11.7. The van der Waals surface area contributed by atoms with Crippen LogP contribution in [0.25, 0.3) is 0 Å². The molecule has 1 aromatic rings. The smallest absolute Gasteiger partial charge is 0.306 e. The Morgan fingerprint density at radius 1 is 1.27 bits per heavy atom. The van der Waals surface area contributed by atoms with Crippen molar-refractivity contribution in [2.75, 3.05) is 13.2 Å². The van der Waals surface area contributed by atoms with Gasteiger partial charge in [0.15, 0.2) is 0 Å². The van der Waals surface area contributed by atoms with Crippen LogP contribution in [0.4, 0.5) is 0 Å². The fourth-order valence-corrected chi connectivity index (χ4v) is 4.95. The van der Waals surface area contributed by atoms with Gasteiger partial charge >= 0.3 is 5.97 Å². The number of hydrogen-bond acceptors (Lipinski definition) is 5. The van der Waals surface area contributed by atoms with Crippen LogP contribution in [-0.2, 0) is 9.53 Å². The first-order valence-corrected chi connectivity index (χ1v) is 12.2. The molecule has 6 atom stereocenters. The molecule has 0 bridgehead atoms. The van der Waals surface area contributed by atoms with E-state index in [2.05, 4.69) is 6.08 Å². The molecule has 6 nitrogen and oxygen atoms in total. The fraction of sp³-hybridized carbons (Fsp3) is 0.593. The van der Waals surface area contributed by atoms with Crippen LogP contribution in [0.5, 0.6) is 5.75 Å². The summed E-state index contributed by atoms with van der Waals surface area (Å²) >= 11 is 0. The van der Waals surface area contributed by atoms with Crippen LogP contribution < -0.4 is 4.74 Å². The molecule has 1 heterocycles. The second kappa shape index (κ2) is 12.9. The van der Waals surface area contributed by atoms with Gasteiger partial charge in [0, 0.05) is 12.3 Å². The van der Waals surface area contributed by atoms with Gasteiger partial charge in [0.05, 0.1) is 24.7 Å². The van der Waals surface area contributed by atoms with E-state index < -0.39 is 18.2 Å². The number of para-hydroxylation sites is 1. The second-order valence-electron chi connectivity index (χ2n) is 9.28. The third-order valence-corrected chi connectivity index (χ3v) is 6.81. The van der Waals surface area contributed by atoms with Crippen molar-refractivity contribution in [2.24, 2.45) is 17.8 Å². The van der Waals surface area contributed by atoms with E-state index in [1.807, 2.05) is 43.3 Å². The van der Waals surface area contributed by atoms with E-state index in [1.165, 1.54) is 5.57 Å². The lowest BCUT2D eigenvalue weighted by Gasteiger charge is -2.20. The molecule has 1 saturated carbocycles. The number of aliphatic hydroxyl groups is 2. The number of ether oxygens (including phenoxy) is 2. The van der Waals surface area contributed by atoms with Gasteiger partial charge in [-0.2, -0.15) is 0 Å². The summed E-state index contributed by atoms with van der Waals surface area (Å²) in [6, 6.07) is 9.38. The number of aliphatic carboxylic acids is 1. The highest BCUT2D eigenvalue weighted by atomic mass is 16.5. The lowest BCUT2D eigenvalue weighted by atomic mass is 9.89. The SMILES string of the molecule is CCCC(CCCC1=CC[C@@H]2[C@@H](/C=C/[C@@H](O)COc3ccccc3)[C@H](O)C[C@@H]2OC1)C(=O)O. The minimum absolute atomic E-state index is 0.00651. The highest BCUT2D eigenvalue weighted by Crippen LogP contribution is 2.40. The molecule has 1 fully saturated rings. The van der Waals surface area contributed by atoms with Crippen molar-refractivity contribution in [2.45, 2.75) is 70.2 Å². The number of fused-ring (bicyclic) bond motifs is 1. The molecule has 0 radical (unpaired) electrons. The molecule has 3 N–H and O–H groups in total. The number of carbonyl (C=O) groups is 1. The van der Waals surface area contributed by atoms with Crippen LogP contribution in [0.2, 0.25) is 0 Å². The zero-order chi connectivity index (χ0) is 23.6.